The van der Waals surface area contributed by atoms with Crippen molar-refractivity contribution in [2.24, 2.45) is 5.41 Å². The zero-order valence-electron chi connectivity index (χ0n) is 15.6. The fourth-order valence-electron chi connectivity index (χ4n) is 3.89. The van der Waals surface area contributed by atoms with Crippen molar-refractivity contribution in [3.8, 4) is 0 Å². The number of methoxy groups -OCH3 is 1. The average Bonchev–Trinajstić information content (AvgIpc) is 3.23. The van der Waals surface area contributed by atoms with Crippen LogP contribution >= 0.6 is 11.3 Å². The molecule has 3 rings (SSSR count). The molecule has 134 valence electrons. The number of nitrogens with zero attached hydrogens (tertiary/aromatic N) is 3. The third-order valence-corrected chi connectivity index (χ3v) is 7.06. The number of aromatic nitrogens is 1. The molecule has 0 spiro atoms. The lowest BCUT2D eigenvalue weighted by molar-refractivity contribution is -0.207. The van der Waals surface area contributed by atoms with Crippen molar-refractivity contribution in [3.63, 3.8) is 0 Å². The van der Waals surface area contributed by atoms with Gasteiger partial charge in [-0.2, -0.15) is 0 Å². The Morgan fingerprint density at radius 1 is 1.42 bits per heavy atom. The van der Waals surface area contributed by atoms with Gasteiger partial charge in [0.25, 0.3) is 0 Å². The highest BCUT2D eigenvalue weighted by Gasteiger charge is 2.58. The lowest BCUT2D eigenvalue weighted by Gasteiger charge is -2.61. The third kappa shape index (κ3) is 2.89. The lowest BCUT2D eigenvalue weighted by Crippen LogP contribution is -2.67. The second-order valence-corrected chi connectivity index (χ2v) is 8.87. The maximum Gasteiger partial charge on any atom is 0.225 e. The van der Waals surface area contributed by atoms with Gasteiger partial charge in [0.15, 0.2) is 5.13 Å². The van der Waals surface area contributed by atoms with Crippen molar-refractivity contribution < 1.29 is 9.53 Å². The van der Waals surface area contributed by atoms with E-state index in [-0.39, 0.29) is 16.9 Å². The van der Waals surface area contributed by atoms with Crippen molar-refractivity contribution in [1.82, 2.24) is 9.88 Å². The Hall–Kier alpha value is -0.980. The molecule has 2 aliphatic carbocycles. The Labute approximate surface area is 149 Å². The van der Waals surface area contributed by atoms with E-state index in [4.69, 9.17) is 9.72 Å². The quantitative estimate of drug-likeness (QED) is 0.789. The Bertz CT molecular complexity index is 626. The SMILES string of the molecule is CO[C@]1(C)C[C@@H](N(C)Cc2csc(N(C(C)=O)C3CC3)n2)C1(C)C. The normalized spacial score (nSPS) is 28.7. The molecule has 0 unspecified atom stereocenters. The van der Waals surface area contributed by atoms with Gasteiger partial charge in [-0.15, -0.1) is 11.3 Å². The Kier molecular flexibility index (Phi) is 4.51. The van der Waals surface area contributed by atoms with Crippen LogP contribution in [-0.4, -0.2) is 47.6 Å². The van der Waals surface area contributed by atoms with E-state index in [1.807, 2.05) is 4.90 Å². The van der Waals surface area contributed by atoms with Crippen molar-refractivity contribution in [1.29, 1.82) is 0 Å². The fourth-order valence-corrected chi connectivity index (χ4v) is 4.82. The maximum atomic E-state index is 11.9. The zero-order chi connectivity index (χ0) is 17.7. The molecule has 1 aromatic heterocycles. The smallest absolute Gasteiger partial charge is 0.225 e. The van der Waals surface area contributed by atoms with Crippen LogP contribution in [0.3, 0.4) is 0 Å². The largest absolute Gasteiger partial charge is 0.378 e. The summed E-state index contributed by atoms with van der Waals surface area (Å²) in [4.78, 5) is 20.8. The van der Waals surface area contributed by atoms with Crippen molar-refractivity contribution in [2.75, 3.05) is 19.1 Å². The average molecular weight is 352 g/mol. The molecule has 1 heterocycles. The van der Waals surface area contributed by atoms with E-state index in [2.05, 4.69) is 38.1 Å². The molecule has 2 saturated carbocycles. The van der Waals surface area contributed by atoms with E-state index < -0.39 is 0 Å². The van der Waals surface area contributed by atoms with E-state index in [0.29, 0.717) is 12.1 Å². The molecule has 2 aliphatic rings. The topological polar surface area (TPSA) is 45.7 Å². The molecule has 0 aliphatic heterocycles. The van der Waals surface area contributed by atoms with Gasteiger partial charge in [-0.3, -0.25) is 14.6 Å². The van der Waals surface area contributed by atoms with Crippen LogP contribution in [0.2, 0.25) is 0 Å². The lowest BCUT2D eigenvalue weighted by atomic mass is 9.55. The van der Waals surface area contributed by atoms with Gasteiger partial charge in [0.05, 0.1) is 11.3 Å². The van der Waals surface area contributed by atoms with Crippen molar-refractivity contribution in [2.45, 2.75) is 71.2 Å². The first-order chi connectivity index (χ1) is 11.2. The van der Waals surface area contributed by atoms with Gasteiger partial charge in [0, 0.05) is 43.5 Å². The second kappa shape index (κ2) is 6.07. The van der Waals surface area contributed by atoms with Crippen LogP contribution in [0.1, 0.15) is 52.7 Å². The molecule has 2 atom stereocenters. The number of carbonyl (C=O) groups is 1. The molecule has 0 radical (unpaired) electrons. The first-order valence-corrected chi connectivity index (χ1v) is 9.57. The minimum atomic E-state index is -0.0590. The first kappa shape index (κ1) is 17.8. The van der Waals surface area contributed by atoms with Crippen LogP contribution in [0.5, 0.6) is 0 Å². The van der Waals surface area contributed by atoms with Crippen molar-refractivity contribution in [3.05, 3.63) is 11.1 Å². The summed E-state index contributed by atoms with van der Waals surface area (Å²) in [5, 5.41) is 2.94. The molecule has 1 amide bonds. The van der Waals surface area contributed by atoms with Gasteiger partial charge in [0.1, 0.15) is 0 Å². The Morgan fingerprint density at radius 3 is 2.58 bits per heavy atom. The fraction of sp³-hybridized carbons (Fsp3) is 0.778. The number of hydrogen-bond donors (Lipinski definition) is 0. The monoisotopic (exact) mass is 351 g/mol. The Balaban J connectivity index is 1.66. The minimum absolute atomic E-state index is 0.0590. The van der Waals surface area contributed by atoms with E-state index in [0.717, 1.165) is 36.6 Å². The van der Waals surface area contributed by atoms with E-state index >= 15 is 0 Å². The number of hydrogen-bond acceptors (Lipinski definition) is 5. The predicted molar refractivity (Wildman–Crippen MR) is 97.4 cm³/mol. The molecular weight excluding hydrogens is 322 g/mol. The van der Waals surface area contributed by atoms with Crippen LogP contribution in [0.15, 0.2) is 5.38 Å². The van der Waals surface area contributed by atoms with Crippen molar-refractivity contribution >= 4 is 22.4 Å². The summed E-state index contributed by atoms with van der Waals surface area (Å²) in [6.45, 7) is 9.18. The predicted octanol–water partition coefficient (Wildman–Crippen LogP) is 3.29. The molecule has 2 fully saturated rings. The molecule has 6 heteroatoms. The van der Waals surface area contributed by atoms with Crippen LogP contribution in [0.25, 0.3) is 0 Å². The molecule has 0 N–H and O–H groups in total. The van der Waals surface area contributed by atoms with Crippen LogP contribution in [0, 0.1) is 5.41 Å². The third-order valence-electron chi connectivity index (χ3n) is 6.17. The van der Waals surface area contributed by atoms with E-state index in [1.54, 1.807) is 25.4 Å². The summed E-state index contributed by atoms with van der Waals surface area (Å²) in [7, 11) is 3.96. The maximum absolute atomic E-state index is 11.9. The number of carbonyl (C=O) groups excluding carboxylic acids is 1. The standard InChI is InChI=1S/C18H29N3O2S/c1-12(22)21(14-7-8-14)16-19-13(11-24-16)10-20(5)15-9-18(4,23-6)17(15,2)3/h11,14-15H,7-10H2,1-6H3/t15-,18-/m1/s1. The molecule has 1 aromatic rings. The summed E-state index contributed by atoms with van der Waals surface area (Å²) < 4.78 is 5.73. The highest BCUT2D eigenvalue weighted by atomic mass is 32.1. The number of rotatable bonds is 6. The molecule has 0 aromatic carbocycles. The highest BCUT2D eigenvalue weighted by molar-refractivity contribution is 7.14. The summed E-state index contributed by atoms with van der Waals surface area (Å²) in [6.07, 6.45) is 3.23. The number of amides is 1. The molecule has 0 saturated heterocycles. The van der Waals surface area contributed by atoms with Crippen LogP contribution in [0.4, 0.5) is 5.13 Å². The number of thiazole rings is 1. The summed E-state index contributed by atoms with van der Waals surface area (Å²) >= 11 is 1.58. The van der Waals surface area contributed by atoms with E-state index in [1.165, 1.54) is 0 Å². The number of anilines is 1. The second-order valence-electron chi connectivity index (χ2n) is 8.03. The van der Waals surface area contributed by atoms with Gasteiger partial charge in [-0.25, -0.2) is 4.98 Å². The summed E-state index contributed by atoms with van der Waals surface area (Å²) in [5.41, 5.74) is 1.09. The van der Waals surface area contributed by atoms with Gasteiger partial charge in [-0.1, -0.05) is 13.8 Å². The Morgan fingerprint density at radius 2 is 2.08 bits per heavy atom. The minimum Gasteiger partial charge on any atom is -0.378 e. The van der Waals surface area contributed by atoms with Gasteiger partial charge in [0.2, 0.25) is 5.91 Å². The zero-order valence-corrected chi connectivity index (χ0v) is 16.4. The van der Waals surface area contributed by atoms with Gasteiger partial charge >= 0.3 is 0 Å². The molecule has 0 bridgehead atoms. The number of ether oxygens (including phenoxy) is 1. The van der Waals surface area contributed by atoms with Crippen LogP contribution in [-0.2, 0) is 16.1 Å². The van der Waals surface area contributed by atoms with Gasteiger partial charge < -0.3 is 4.74 Å². The molecule has 24 heavy (non-hydrogen) atoms. The van der Waals surface area contributed by atoms with Crippen LogP contribution < -0.4 is 4.90 Å². The van der Waals surface area contributed by atoms with E-state index in [9.17, 15) is 4.79 Å². The summed E-state index contributed by atoms with van der Waals surface area (Å²) in [5.74, 6) is 0.0998. The summed E-state index contributed by atoms with van der Waals surface area (Å²) in [6, 6.07) is 0.840. The highest BCUT2D eigenvalue weighted by Crippen LogP contribution is 2.53. The van der Waals surface area contributed by atoms with Gasteiger partial charge in [-0.05, 0) is 33.2 Å². The molecular formula is C18H29N3O2S. The molecule has 5 nitrogen and oxygen atoms in total. The first-order valence-electron chi connectivity index (χ1n) is 8.69.